The van der Waals surface area contributed by atoms with Crippen molar-refractivity contribution in [3.8, 4) is 23.0 Å². The van der Waals surface area contributed by atoms with E-state index in [1.165, 1.54) is 21.3 Å². The third-order valence-electron chi connectivity index (χ3n) is 1.69. The van der Waals surface area contributed by atoms with Crippen molar-refractivity contribution in [2.45, 2.75) is 0 Å². The maximum atomic E-state index is 9.50. The normalized spacial score (nSPS) is 9.46. The van der Waals surface area contributed by atoms with E-state index in [4.69, 9.17) is 14.2 Å². The fraction of sp³-hybridized carbons (Fsp3) is 0.333. The second-order valence-electron chi connectivity index (χ2n) is 2.38. The molecular weight excluding hydrogens is 172 g/mol. The van der Waals surface area contributed by atoms with Crippen LogP contribution in [0.15, 0.2) is 12.1 Å². The van der Waals surface area contributed by atoms with Crippen molar-refractivity contribution < 1.29 is 19.3 Å². The number of ether oxygens (including phenoxy) is 3. The Morgan fingerprint density at radius 1 is 0.923 bits per heavy atom. The summed E-state index contributed by atoms with van der Waals surface area (Å²) in [7, 11) is 4.47. The molecule has 0 bridgehead atoms. The number of methoxy groups -OCH3 is 3. The summed E-state index contributed by atoms with van der Waals surface area (Å²) in [6.07, 6.45) is 0. The van der Waals surface area contributed by atoms with Gasteiger partial charge in [0.1, 0.15) is 5.75 Å². The summed E-state index contributed by atoms with van der Waals surface area (Å²) in [6.45, 7) is 0. The fourth-order valence-corrected chi connectivity index (χ4v) is 0.987. The van der Waals surface area contributed by atoms with Crippen molar-refractivity contribution in [3.63, 3.8) is 0 Å². The minimum absolute atomic E-state index is 0.0224. The van der Waals surface area contributed by atoms with Gasteiger partial charge in [-0.25, -0.2) is 0 Å². The second kappa shape index (κ2) is 3.89. The maximum Gasteiger partial charge on any atom is 0.201 e. The van der Waals surface area contributed by atoms with Crippen LogP contribution in [0.5, 0.6) is 23.0 Å². The summed E-state index contributed by atoms with van der Waals surface area (Å²) in [5.74, 6) is 1.21. The van der Waals surface area contributed by atoms with Crippen molar-refractivity contribution in [1.82, 2.24) is 0 Å². The van der Waals surface area contributed by atoms with Crippen LogP contribution in [0.2, 0.25) is 0 Å². The van der Waals surface area contributed by atoms with Crippen LogP contribution in [0.1, 0.15) is 0 Å². The van der Waals surface area contributed by atoms with Crippen molar-refractivity contribution >= 4 is 0 Å². The first-order valence-electron chi connectivity index (χ1n) is 3.72. The van der Waals surface area contributed by atoms with Crippen LogP contribution < -0.4 is 14.2 Å². The zero-order chi connectivity index (χ0) is 9.84. The lowest BCUT2D eigenvalue weighted by Crippen LogP contribution is -1.91. The Hall–Kier alpha value is -1.58. The molecule has 1 N–H and O–H groups in total. The van der Waals surface area contributed by atoms with Gasteiger partial charge >= 0.3 is 0 Å². The van der Waals surface area contributed by atoms with E-state index in [-0.39, 0.29) is 5.75 Å². The first-order valence-corrected chi connectivity index (χ1v) is 3.72. The van der Waals surface area contributed by atoms with E-state index in [0.717, 1.165) is 0 Å². The summed E-state index contributed by atoms with van der Waals surface area (Å²) in [5, 5.41) is 9.50. The van der Waals surface area contributed by atoms with Crippen LogP contribution in [-0.4, -0.2) is 26.4 Å². The van der Waals surface area contributed by atoms with Gasteiger partial charge < -0.3 is 19.3 Å². The van der Waals surface area contributed by atoms with E-state index in [1.54, 1.807) is 12.1 Å². The molecule has 0 heterocycles. The Balaban J connectivity index is 3.20. The molecule has 0 aliphatic rings. The number of hydrogen-bond donors (Lipinski definition) is 1. The quantitative estimate of drug-likeness (QED) is 0.771. The van der Waals surface area contributed by atoms with Gasteiger partial charge in [0.15, 0.2) is 11.5 Å². The molecule has 0 radical (unpaired) electrons. The Morgan fingerprint density at radius 3 is 1.69 bits per heavy atom. The third-order valence-corrected chi connectivity index (χ3v) is 1.69. The highest BCUT2D eigenvalue weighted by molar-refractivity contribution is 5.54. The van der Waals surface area contributed by atoms with Crippen molar-refractivity contribution in [2.75, 3.05) is 21.3 Å². The topological polar surface area (TPSA) is 47.9 Å². The lowest BCUT2D eigenvalue weighted by atomic mass is 10.2. The van der Waals surface area contributed by atoms with Crippen LogP contribution in [0.3, 0.4) is 0 Å². The first kappa shape index (κ1) is 9.51. The molecule has 1 aromatic carbocycles. The first-order chi connectivity index (χ1) is 6.22. The Kier molecular flexibility index (Phi) is 2.84. The van der Waals surface area contributed by atoms with Crippen LogP contribution in [0, 0.1) is 0 Å². The van der Waals surface area contributed by atoms with Gasteiger partial charge in [0.05, 0.1) is 21.3 Å². The predicted molar refractivity (Wildman–Crippen MR) is 47.8 cm³/mol. The minimum atomic E-state index is -0.0224. The fourth-order valence-electron chi connectivity index (χ4n) is 0.987. The monoisotopic (exact) mass is 184 g/mol. The van der Waals surface area contributed by atoms with E-state index < -0.39 is 0 Å². The lowest BCUT2D eigenvalue weighted by molar-refractivity contribution is 0.332. The molecule has 4 heteroatoms. The predicted octanol–water partition coefficient (Wildman–Crippen LogP) is 1.42. The lowest BCUT2D eigenvalue weighted by Gasteiger charge is -2.09. The Morgan fingerprint density at radius 2 is 1.38 bits per heavy atom. The SMILES string of the molecule is COc1cc(OC)c(O)c(OC)c1. The molecule has 4 nitrogen and oxygen atoms in total. The molecule has 0 saturated heterocycles. The minimum Gasteiger partial charge on any atom is -0.502 e. The van der Waals surface area contributed by atoms with Crippen molar-refractivity contribution in [3.05, 3.63) is 12.1 Å². The van der Waals surface area contributed by atoms with E-state index >= 15 is 0 Å². The number of phenols is 1. The van der Waals surface area contributed by atoms with Crippen molar-refractivity contribution in [2.24, 2.45) is 0 Å². The van der Waals surface area contributed by atoms with E-state index in [9.17, 15) is 5.11 Å². The molecule has 0 aliphatic carbocycles. The van der Waals surface area contributed by atoms with Crippen LogP contribution in [0.4, 0.5) is 0 Å². The van der Waals surface area contributed by atoms with Gasteiger partial charge in [-0.2, -0.15) is 0 Å². The average molecular weight is 184 g/mol. The number of hydrogen-bond acceptors (Lipinski definition) is 4. The van der Waals surface area contributed by atoms with Crippen LogP contribution in [0.25, 0.3) is 0 Å². The summed E-state index contributed by atoms with van der Waals surface area (Å²) in [4.78, 5) is 0. The number of aromatic hydroxyl groups is 1. The van der Waals surface area contributed by atoms with Gasteiger partial charge in [-0.15, -0.1) is 0 Å². The van der Waals surface area contributed by atoms with Gasteiger partial charge in [-0.05, 0) is 0 Å². The molecule has 0 spiro atoms. The summed E-state index contributed by atoms with van der Waals surface area (Å²) < 4.78 is 14.8. The molecule has 0 amide bonds. The Labute approximate surface area is 76.7 Å². The molecule has 0 aliphatic heterocycles. The highest BCUT2D eigenvalue weighted by Crippen LogP contribution is 2.39. The third kappa shape index (κ3) is 1.77. The van der Waals surface area contributed by atoms with Gasteiger partial charge in [-0.3, -0.25) is 0 Å². The van der Waals surface area contributed by atoms with E-state index in [1.807, 2.05) is 0 Å². The summed E-state index contributed by atoms with van der Waals surface area (Å²) in [5.41, 5.74) is 0. The highest BCUT2D eigenvalue weighted by Gasteiger charge is 2.10. The van der Waals surface area contributed by atoms with E-state index in [0.29, 0.717) is 17.2 Å². The van der Waals surface area contributed by atoms with Gasteiger partial charge in [0, 0.05) is 12.1 Å². The molecule has 13 heavy (non-hydrogen) atoms. The molecule has 0 saturated carbocycles. The number of phenolic OH excluding ortho intramolecular Hbond substituents is 1. The van der Waals surface area contributed by atoms with Crippen LogP contribution in [-0.2, 0) is 0 Å². The zero-order valence-electron chi connectivity index (χ0n) is 7.83. The van der Waals surface area contributed by atoms with Crippen molar-refractivity contribution in [1.29, 1.82) is 0 Å². The maximum absolute atomic E-state index is 9.50. The molecule has 0 atom stereocenters. The molecular formula is C9H12O4. The smallest absolute Gasteiger partial charge is 0.201 e. The standard InChI is InChI=1S/C9H12O4/c1-11-6-4-7(12-2)9(10)8(5-6)13-3/h4-5,10H,1-3H3. The van der Waals surface area contributed by atoms with Gasteiger partial charge in [0.25, 0.3) is 0 Å². The Bertz CT molecular complexity index is 271. The number of benzene rings is 1. The molecule has 72 valence electrons. The summed E-state index contributed by atoms with van der Waals surface area (Å²) in [6, 6.07) is 3.16. The van der Waals surface area contributed by atoms with Gasteiger partial charge in [-0.1, -0.05) is 0 Å². The summed E-state index contributed by atoms with van der Waals surface area (Å²) >= 11 is 0. The second-order valence-corrected chi connectivity index (χ2v) is 2.38. The molecule has 1 rings (SSSR count). The van der Waals surface area contributed by atoms with Gasteiger partial charge in [0.2, 0.25) is 5.75 Å². The van der Waals surface area contributed by atoms with E-state index in [2.05, 4.69) is 0 Å². The highest BCUT2D eigenvalue weighted by atomic mass is 16.5. The molecule has 0 fully saturated rings. The molecule has 0 unspecified atom stereocenters. The van der Waals surface area contributed by atoms with Crippen LogP contribution >= 0.6 is 0 Å². The largest absolute Gasteiger partial charge is 0.502 e. The molecule has 0 aromatic heterocycles. The zero-order valence-corrected chi connectivity index (χ0v) is 7.83. The number of rotatable bonds is 3. The molecule has 1 aromatic rings. The average Bonchev–Trinajstić information content (AvgIpc) is 2.18.